The van der Waals surface area contributed by atoms with Gasteiger partial charge in [0.2, 0.25) is 17.7 Å². The molecule has 2 heterocycles. The summed E-state index contributed by atoms with van der Waals surface area (Å²) in [5.74, 6) is 1.88. The number of anilines is 1. The zero-order valence-corrected chi connectivity index (χ0v) is 11.2. The number of aryl methyl sites for hydroxylation is 1. The van der Waals surface area contributed by atoms with E-state index in [-0.39, 0.29) is 0 Å². The molecular formula is C13H16FN5O. The Labute approximate surface area is 115 Å². The van der Waals surface area contributed by atoms with Crippen LogP contribution in [0.3, 0.4) is 0 Å². The Morgan fingerprint density at radius 2 is 2.10 bits per heavy atom. The lowest BCUT2D eigenvalue weighted by Gasteiger charge is -2.12. The quantitative estimate of drug-likeness (QED) is 0.922. The molecule has 0 amide bonds. The van der Waals surface area contributed by atoms with Gasteiger partial charge in [-0.2, -0.15) is 0 Å². The van der Waals surface area contributed by atoms with E-state index in [1.54, 1.807) is 6.92 Å². The predicted molar refractivity (Wildman–Crippen MR) is 69.5 cm³/mol. The second kappa shape index (κ2) is 5.52. The highest BCUT2D eigenvalue weighted by Crippen LogP contribution is 2.29. The summed E-state index contributed by atoms with van der Waals surface area (Å²) < 4.78 is 18.1. The summed E-state index contributed by atoms with van der Waals surface area (Å²) in [7, 11) is 0. The van der Waals surface area contributed by atoms with Gasteiger partial charge in [-0.3, -0.25) is 0 Å². The van der Waals surface area contributed by atoms with Gasteiger partial charge < -0.3 is 9.73 Å². The molecule has 0 aromatic carbocycles. The maximum atomic E-state index is 12.7. The second-order valence-electron chi connectivity index (χ2n) is 5.16. The molecule has 0 spiro atoms. The van der Waals surface area contributed by atoms with Gasteiger partial charge in [0.1, 0.15) is 0 Å². The van der Waals surface area contributed by atoms with Crippen LogP contribution in [0.1, 0.15) is 31.0 Å². The van der Waals surface area contributed by atoms with Gasteiger partial charge in [0.05, 0.1) is 12.4 Å². The molecule has 1 aliphatic rings. The number of hydrogen-bond donors (Lipinski definition) is 1. The van der Waals surface area contributed by atoms with Crippen molar-refractivity contribution in [3.05, 3.63) is 30.0 Å². The van der Waals surface area contributed by atoms with E-state index in [4.69, 9.17) is 4.42 Å². The number of halogens is 1. The number of hydrogen-bond acceptors (Lipinski definition) is 6. The van der Waals surface area contributed by atoms with Crippen molar-refractivity contribution in [1.29, 1.82) is 0 Å². The Morgan fingerprint density at radius 3 is 2.80 bits per heavy atom. The molecule has 0 aliphatic heterocycles. The van der Waals surface area contributed by atoms with Crippen molar-refractivity contribution in [3.63, 3.8) is 0 Å². The van der Waals surface area contributed by atoms with E-state index in [2.05, 4.69) is 25.5 Å². The van der Waals surface area contributed by atoms with Gasteiger partial charge in [0.25, 0.3) is 0 Å². The zero-order chi connectivity index (χ0) is 13.9. The average molecular weight is 277 g/mol. The molecular weight excluding hydrogens is 261 g/mol. The van der Waals surface area contributed by atoms with Crippen LogP contribution in [0.5, 0.6) is 0 Å². The SMILES string of the molecule is Cc1nnc(C[C@@H]2CC[C@H](Nc3ncc(F)cn3)C2)o1. The highest BCUT2D eigenvalue weighted by atomic mass is 19.1. The Kier molecular flexibility index (Phi) is 3.58. The van der Waals surface area contributed by atoms with Crippen molar-refractivity contribution in [2.24, 2.45) is 5.92 Å². The van der Waals surface area contributed by atoms with Crippen LogP contribution in [0.25, 0.3) is 0 Å². The first-order valence-electron chi connectivity index (χ1n) is 6.72. The second-order valence-corrected chi connectivity index (χ2v) is 5.16. The third-order valence-electron chi connectivity index (χ3n) is 3.53. The predicted octanol–water partition coefficient (Wildman–Crippen LogP) is 2.13. The minimum atomic E-state index is -0.424. The summed E-state index contributed by atoms with van der Waals surface area (Å²) in [5.41, 5.74) is 0. The molecule has 0 unspecified atom stereocenters. The van der Waals surface area contributed by atoms with Gasteiger partial charge in [-0.1, -0.05) is 0 Å². The largest absolute Gasteiger partial charge is 0.426 e. The molecule has 20 heavy (non-hydrogen) atoms. The van der Waals surface area contributed by atoms with E-state index < -0.39 is 5.82 Å². The lowest BCUT2D eigenvalue weighted by atomic mass is 10.0. The highest BCUT2D eigenvalue weighted by molar-refractivity contribution is 5.25. The van der Waals surface area contributed by atoms with Gasteiger partial charge in [-0.15, -0.1) is 10.2 Å². The van der Waals surface area contributed by atoms with Crippen molar-refractivity contribution in [2.75, 3.05) is 5.32 Å². The summed E-state index contributed by atoms with van der Waals surface area (Å²) in [4.78, 5) is 7.83. The molecule has 1 fully saturated rings. The Balaban J connectivity index is 1.53. The molecule has 3 rings (SSSR count). The Hall–Kier alpha value is -2.05. The third-order valence-corrected chi connectivity index (χ3v) is 3.53. The maximum absolute atomic E-state index is 12.7. The van der Waals surface area contributed by atoms with Gasteiger partial charge >= 0.3 is 0 Å². The minimum Gasteiger partial charge on any atom is -0.426 e. The van der Waals surface area contributed by atoms with E-state index in [1.807, 2.05) is 0 Å². The number of rotatable bonds is 4. The maximum Gasteiger partial charge on any atom is 0.222 e. The standard InChI is InChI=1S/C13H16FN5O/c1-8-18-19-12(20-8)5-9-2-3-11(4-9)17-13-15-6-10(14)7-16-13/h6-7,9,11H,2-5H2,1H3,(H,15,16,17)/t9-,11+/m1/s1. The van der Waals surface area contributed by atoms with Crippen LogP contribution in [0.2, 0.25) is 0 Å². The van der Waals surface area contributed by atoms with Gasteiger partial charge in [0.15, 0.2) is 5.82 Å². The van der Waals surface area contributed by atoms with E-state index in [0.29, 0.717) is 29.7 Å². The first-order chi connectivity index (χ1) is 9.69. The van der Waals surface area contributed by atoms with Crippen LogP contribution in [-0.4, -0.2) is 26.2 Å². The van der Waals surface area contributed by atoms with Crippen LogP contribution in [0.4, 0.5) is 10.3 Å². The summed E-state index contributed by atoms with van der Waals surface area (Å²) in [6.07, 6.45) is 6.29. The zero-order valence-electron chi connectivity index (χ0n) is 11.2. The van der Waals surface area contributed by atoms with Crippen LogP contribution >= 0.6 is 0 Å². The summed E-state index contributed by atoms with van der Waals surface area (Å²) >= 11 is 0. The normalized spacial score (nSPS) is 22.1. The summed E-state index contributed by atoms with van der Waals surface area (Å²) in [6.45, 7) is 1.79. The number of aromatic nitrogens is 4. The fourth-order valence-corrected chi connectivity index (χ4v) is 2.63. The monoisotopic (exact) mass is 277 g/mol. The lowest BCUT2D eigenvalue weighted by Crippen LogP contribution is -2.17. The number of nitrogens with zero attached hydrogens (tertiary/aromatic N) is 4. The fraction of sp³-hybridized carbons (Fsp3) is 0.538. The van der Waals surface area contributed by atoms with E-state index in [1.165, 1.54) is 12.4 Å². The van der Waals surface area contributed by atoms with Gasteiger partial charge in [0, 0.05) is 19.4 Å². The molecule has 0 saturated heterocycles. The lowest BCUT2D eigenvalue weighted by molar-refractivity contribution is 0.416. The number of nitrogens with one attached hydrogen (secondary N) is 1. The molecule has 106 valence electrons. The van der Waals surface area contributed by atoms with Crippen LogP contribution in [-0.2, 0) is 6.42 Å². The minimum absolute atomic E-state index is 0.314. The van der Waals surface area contributed by atoms with Crippen molar-refractivity contribution in [3.8, 4) is 0 Å². The van der Waals surface area contributed by atoms with E-state index in [0.717, 1.165) is 25.7 Å². The fourth-order valence-electron chi connectivity index (χ4n) is 2.63. The molecule has 1 N–H and O–H groups in total. The Morgan fingerprint density at radius 1 is 1.30 bits per heavy atom. The summed E-state index contributed by atoms with van der Waals surface area (Å²) in [5, 5.41) is 11.1. The molecule has 7 heteroatoms. The molecule has 0 bridgehead atoms. The molecule has 0 radical (unpaired) electrons. The van der Waals surface area contributed by atoms with Crippen molar-refractivity contribution >= 4 is 5.95 Å². The van der Waals surface area contributed by atoms with Crippen LogP contribution in [0.15, 0.2) is 16.8 Å². The third kappa shape index (κ3) is 3.09. The molecule has 2 atom stereocenters. The first-order valence-corrected chi connectivity index (χ1v) is 6.72. The topological polar surface area (TPSA) is 76.7 Å². The van der Waals surface area contributed by atoms with Crippen molar-refractivity contribution < 1.29 is 8.81 Å². The van der Waals surface area contributed by atoms with Gasteiger partial charge in [-0.25, -0.2) is 14.4 Å². The smallest absolute Gasteiger partial charge is 0.222 e. The Bertz CT molecular complexity index is 570. The van der Waals surface area contributed by atoms with Crippen molar-refractivity contribution in [2.45, 2.75) is 38.6 Å². The van der Waals surface area contributed by atoms with E-state index >= 15 is 0 Å². The molecule has 1 aliphatic carbocycles. The molecule has 2 aromatic heterocycles. The molecule has 1 saturated carbocycles. The van der Waals surface area contributed by atoms with Crippen LogP contribution < -0.4 is 5.32 Å². The van der Waals surface area contributed by atoms with Gasteiger partial charge in [-0.05, 0) is 25.2 Å². The van der Waals surface area contributed by atoms with E-state index in [9.17, 15) is 4.39 Å². The van der Waals surface area contributed by atoms with Crippen LogP contribution in [0, 0.1) is 18.7 Å². The highest BCUT2D eigenvalue weighted by Gasteiger charge is 2.26. The molecule has 2 aromatic rings. The first kappa shape index (κ1) is 13.0. The average Bonchev–Trinajstić information content (AvgIpc) is 3.02. The summed E-state index contributed by atoms with van der Waals surface area (Å²) in [6, 6.07) is 0.314. The molecule has 6 nitrogen and oxygen atoms in total. The van der Waals surface area contributed by atoms with Crippen molar-refractivity contribution in [1.82, 2.24) is 20.2 Å².